The molecule has 84 valence electrons. The molecule has 1 saturated carbocycles. The number of amides is 1. The van der Waals surface area contributed by atoms with Gasteiger partial charge in [-0.1, -0.05) is 6.92 Å². The van der Waals surface area contributed by atoms with Gasteiger partial charge in [-0.3, -0.25) is 9.00 Å². The van der Waals surface area contributed by atoms with E-state index in [1.807, 2.05) is 6.92 Å². The molecule has 0 heterocycles. The molecule has 1 atom stereocenters. The van der Waals surface area contributed by atoms with Gasteiger partial charge in [-0.05, 0) is 19.3 Å². The Labute approximate surface area is 92.5 Å². The zero-order valence-corrected chi connectivity index (χ0v) is 9.73. The number of hydrogen-bond acceptors (Lipinski definition) is 3. The highest BCUT2D eigenvalue weighted by molar-refractivity contribution is 7.84. The van der Waals surface area contributed by atoms with E-state index < -0.39 is 16.2 Å². The first-order valence-electron chi connectivity index (χ1n) is 5.19. The van der Waals surface area contributed by atoms with E-state index in [0.717, 1.165) is 6.42 Å². The van der Waals surface area contributed by atoms with Gasteiger partial charge >= 0.3 is 0 Å². The fourth-order valence-electron chi connectivity index (χ4n) is 1.51. The maximum atomic E-state index is 11.6. The minimum absolute atomic E-state index is 0.190. The quantitative estimate of drug-likeness (QED) is 0.747. The molecular weight excluding hydrogens is 212 g/mol. The summed E-state index contributed by atoms with van der Waals surface area (Å²) in [5, 5.41) is 11.6. The first kappa shape index (κ1) is 12.2. The van der Waals surface area contributed by atoms with Crippen LogP contribution in [0.5, 0.6) is 0 Å². The van der Waals surface area contributed by atoms with E-state index in [9.17, 15) is 9.00 Å². The fraction of sp³-hybridized carbons (Fsp3) is 0.800. The lowest BCUT2D eigenvalue weighted by Crippen LogP contribution is -2.45. The molecule has 1 aliphatic rings. The van der Waals surface area contributed by atoms with Crippen molar-refractivity contribution in [3.8, 4) is 6.07 Å². The second kappa shape index (κ2) is 5.26. The Hall–Kier alpha value is -0.890. The average Bonchev–Trinajstić information content (AvgIpc) is 2.16. The van der Waals surface area contributed by atoms with E-state index in [4.69, 9.17) is 5.26 Å². The van der Waals surface area contributed by atoms with Crippen molar-refractivity contribution in [2.24, 2.45) is 5.41 Å². The van der Waals surface area contributed by atoms with Crippen molar-refractivity contribution in [3.05, 3.63) is 0 Å². The van der Waals surface area contributed by atoms with Crippen LogP contribution in [0.1, 0.15) is 26.2 Å². The SMILES string of the molecule is CCS(=O)CCNC(=O)C1(C#N)CCC1. The summed E-state index contributed by atoms with van der Waals surface area (Å²) in [5.74, 6) is 0.896. The number of carbonyl (C=O) groups excluding carboxylic acids is 1. The lowest BCUT2D eigenvalue weighted by molar-refractivity contribution is -0.131. The summed E-state index contributed by atoms with van der Waals surface area (Å²) in [6.45, 7) is 2.25. The molecule has 1 unspecified atom stereocenters. The summed E-state index contributed by atoms with van der Waals surface area (Å²) in [6.07, 6.45) is 2.26. The predicted molar refractivity (Wildman–Crippen MR) is 58.5 cm³/mol. The smallest absolute Gasteiger partial charge is 0.240 e. The van der Waals surface area contributed by atoms with E-state index in [2.05, 4.69) is 11.4 Å². The first-order chi connectivity index (χ1) is 7.14. The van der Waals surface area contributed by atoms with Crippen LogP contribution in [0.25, 0.3) is 0 Å². The molecule has 0 bridgehead atoms. The normalized spacial score (nSPS) is 19.7. The van der Waals surface area contributed by atoms with Gasteiger partial charge in [0.2, 0.25) is 5.91 Å². The van der Waals surface area contributed by atoms with Gasteiger partial charge in [-0.25, -0.2) is 0 Å². The molecule has 0 aromatic rings. The van der Waals surface area contributed by atoms with Crippen LogP contribution in [0.3, 0.4) is 0 Å². The van der Waals surface area contributed by atoms with Crippen molar-refractivity contribution < 1.29 is 9.00 Å². The number of nitriles is 1. The molecule has 0 aromatic carbocycles. The Morgan fingerprint density at radius 1 is 1.60 bits per heavy atom. The summed E-state index contributed by atoms with van der Waals surface area (Å²) in [6, 6.07) is 2.08. The third-order valence-electron chi connectivity index (χ3n) is 2.79. The number of nitrogens with zero attached hydrogens (tertiary/aromatic N) is 1. The van der Waals surface area contributed by atoms with Crippen LogP contribution < -0.4 is 5.32 Å². The van der Waals surface area contributed by atoms with E-state index in [1.165, 1.54) is 0 Å². The lowest BCUT2D eigenvalue weighted by Gasteiger charge is -2.33. The number of carbonyl (C=O) groups is 1. The summed E-state index contributed by atoms with van der Waals surface area (Å²) in [4.78, 5) is 11.6. The highest BCUT2D eigenvalue weighted by atomic mass is 32.2. The topological polar surface area (TPSA) is 70.0 Å². The van der Waals surface area contributed by atoms with Crippen LogP contribution in [0, 0.1) is 16.7 Å². The van der Waals surface area contributed by atoms with Gasteiger partial charge in [0, 0.05) is 28.9 Å². The standard InChI is InChI=1S/C10H16N2O2S/c1-2-15(14)7-6-12-9(13)10(8-11)4-3-5-10/h2-7H2,1H3,(H,12,13). The molecule has 0 aromatic heterocycles. The molecule has 1 aliphatic carbocycles. The Morgan fingerprint density at radius 2 is 2.27 bits per heavy atom. The highest BCUT2D eigenvalue weighted by Gasteiger charge is 2.44. The van der Waals surface area contributed by atoms with Crippen molar-refractivity contribution in [1.82, 2.24) is 5.32 Å². The molecule has 4 nitrogen and oxygen atoms in total. The predicted octanol–water partition coefficient (Wildman–Crippen LogP) is 0.565. The maximum absolute atomic E-state index is 11.6. The van der Waals surface area contributed by atoms with Crippen LogP contribution in [0.4, 0.5) is 0 Å². The molecule has 1 N–H and O–H groups in total. The molecule has 1 fully saturated rings. The number of hydrogen-bond donors (Lipinski definition) is 1. The van der Waals surface area contributed by atoms with Gasteiger partial charge in [-0.2, -0.15) is 5.26 Å². The molecule has 1 amide bonds. The van der Waals surface area contributed by atoms with Gasteiger partial charge < -0.3 is 5.32 Å². The van der Waals surface area contributed by atoms with Crippen LogP contribution in [0.2, 0.25) is 0 Å². The fourth-order valence-corrected chi connectivity index (χ4v) is 2.13. The van der Waals surface area contributed by atoms with Crippen molar-refractivity contribution in [2.45, 2.75) is 26.2 Å². The van der Waals surface area contributed by atoms with Crippen LogP contribution in [-0.2, 0) is 15.6 Å². The van der Waals surface area contributed by atoms with Gasteiger partial charge in [0.15, 0.2) is 0 Å². The molecule has 0 saturated heterocycles. The van der Waals surface area contributed by atoms with Gasteiger partial charge in [-0.15, -0.1) is 0 Å². The van der Waals surface area contributed by atoms with Crippen molar-refractivity contribution >= 4 is 16.7 Å². The molecule has 1 rings (SSSR count). The van der Waals surface area contributed by atoms with Crippen LogP contribution >= 0.6 is 0 Å². The van der Waals surface area contributed by atoms with Crippen molar-refractivity contribution in [2.75, 3.05) is 18.1 Å². The first-order valence-corrected chi connectivity index (χ1v) is 6.68. The van der Waals surface area contributed by atoms with Crippen molar-refractivity contribution in [1.29, 1.82) is 5.26 Å². The molecule has 5 heteroatoms. The molecule has 0 aliphatic heterocycles. The second-order valence-corrected chi connectivity index (χ2v) is 5.60. The van der Waals surface area contributed by atoms with Gasteiger partial charge in [0.05, 0.1) is 6.07 Å². The molecule has 0 spiro atoms. The van der Waals surface area contributed by atoms with E-state index in [-0.39, 0.29) is 5.91 Å². The van der Waals surface area contributed by atoms with E-state index >= 15 is 0 Å². The average molecular weight is 228 g/mol. The zero-order valence-electron chi connectivity index (χ0n) is 8.91. The number of nitrogens with one attached hydrogen (secondary N) is 1. The monoisotopic (exact) mass is 228 g/mol. The van der Waals surface area contributed by atoms with Crippen molar-refractivity contribution in [3.63, 3.8) is 0 Å². The second-order valence-electron chi connectivity index (χ2n) is 3.74. The summed E-state index contributed by atoms with van der Waals surface area (Å²) >= 11 is 0. The Balaban J connectivity index is 2.30. The van der Waals surface area contributed by atoms with Gasteiger partial charge in [0.1, 0.15) is 5.41 Å². The summed E-state index contributed by atoms with van der Waals surface area (Å²) < 4.78 is 11.1. The minimum atomic E-state index is -0.854. The Bertz CT molecular complexity index is 305. The molecular formula is C10H16N2O2S. The Morgan fingerprint density at radius 3 is 2.67 bits per heavy atom. The minimum Gasteiger partial charge on any atom is -0.354 e. The zero-order chi connectivity index (χ0) is 11.3. The van der Waals surface area contributed by atoms with Crippen LogP contribution in [0.15, 0.2) is 0 Å². The largest absolute Gasteiger partial charge is 0.354 e. The van der Waals surface area contributed by atoms with E-state index in [1.54, 1.807) is 0 Å². The number of rotatable bonds is 5. The Kier molecular flexibility index (Phi) is 4.28. The third kappa shape index (κ3) is 2.78. The van der Waals surface area contributed by atoms with Gasteiger partial charge in [0.25, 0.3) is 0 Å². The lowest BCUT2D eigenvalue weighted by atomic mass is 9.69. The maximum Gasteiger partial charge on any atom is 0.240 e. The molecule has 0 radical (unpaired) electrons. The highest BCUT2D eigenvalue weighted by Crippen LogP contribution is 2.40. The third-order valence-corrected chi connectivity index (χ3v) is 4.10. The van der Waals surface area contributed by atoms with E-state index in [0.29, 0.717) is 30.9 Å². The summed E-state index contributed by atoms with van der Waals surface area (Å²) in [7, 11) is -0.854. The van der Waals surface area contributed by atoms with Crippen LogP contribution in [-0.4, -0.2) is 28.2 Å². The summed E-state index contributed by atoms with van der Waals surface area (Å²) in [5.41, 5.74) is -0.784. The molecule has 15 heavy (non-hydrogen) atoms.